The molecule has 1 aliphatic heterocycles. The molecule has 1 saturated heterocycles. The number of ether oxygens (including phenoxy) is 1. The summed E-state index contributed by atoms with van der Waals surface area (Å²) < 4.78 is 5.17. The molecule has 1 N–H and O–H groups in total. The lowest BCUT2D eigenvalue weighted by atomic mass is 9.99. The van der Waals surface area contributed by atoms with Crippen LogP contribution >= 0.6 is 0 Å². The summed E-state index contributed by atoms with van der Waals surface area (Å²) in [5.74, 6) is 1.84. The van der Waals surface area contributed by atoms with Gasteiger partial charge in [-0.25, -0.2) is 0 Å². The molecule has 0 radical (unpaired) electrons. The molecular formula is C16H24N2O2. The summed E-state index contributed by atoms with van der Waals surface area (Å²) in [6.07, 6.45) is 2.82. The van der Waals surface area contributed by atoms with Gasteiger partial charge in [0, 0.05) is 37.8 Å². The lowest BCUT2D eigenvalue weighted by Gasteiger charge is -2.30. The number of nitrogens with one attached hydrogen (secondary N) is 1. The Kier molecular flexibility index (Phi) is 5.27. The Morgan fingerprint density at radius 1 is 1.40 bits per heavy atom. The van der Waals surface area contributed by atoms with Crippen molar-refractivity contribution in [1.29, 1.82) is 0 Å². The maximum atomic E-state index is 12.1. The first-order valence-electron chi connectivity index (χ1n) is 7.34. The molecule has 2 rings (SSSR count). The van der Waals surface area contributed by atoms with Crippen molar-refractivity contribution in [3.05, 3.63) is 24.3 Å². The topological polar surface area (TPSA) is 41.6 Å². The zero-order valence-electron chi connectivity index (χ0n) is 12.4. The third kappa shape index (κ3) is 4.15. The number of amides is 1. The summed E-state index contributed by atoms with van der Waals surface area (Å²) in [4.78, 5) is 14.1. The number of rotatable bonds is 5. The van der Waals surface area contributed by atoms with Crippen LogP contribution in [0.15, 0.2) is 24.3 Å². The SMILES string of the molecule is COc1cccc(NCCC(=O)N2CCC(C)CC2)c1. The molecule has 4 heteroatoms. The van der Waals surface area contributed by atoms with Crippen molar-refractivity contribution in [2.24, 2.45) is 5.92 Å². The van der Waals surface area contributed by atoms with Gasteiger partial charge in [0.25, 0.3) is 0 Å². The Balaban J connectivity index is 1.73. The number of hydrogen-bond acceptors (Lipinski definition) is 3. The van der Waals surface area contributed by atoms with Gasteiger partial charge in [-0.3, -0.25) is 4.79 Å². The van der Waals surface area contributed by atoms with Crippen LogP contribution in [0.1, 0.15) is 26.2 Å². The van der Waals surface area contributed by atoms with Crippen molar-refractivity contribution in [2.75, 3.05) is 32.1 Å². The monoisotopic (exact) mass is 276 g/mol. The molecule has 1 amide bonds. The second kappa shape index (κ2) is 7.17. The minimum atomic E-state index is 0.257. The van der Waals surface area contributed by atoms with Crippen LogP contribution in [0.3, 0.4) is 0 Å². The number of methoxy groups -OCH3 is 1. The number of piperidine rings is 1. The molecule has 0 saturated carbocycles. The number of likely N-dealkylation sites (tertiary alicyclic amines) is 1. The van der Waals surface area contributed by atoms with Gasteiger partial charge in [0.15, 0.2) is 0 Å². The maximum Gasteiger partial charge on any atom is 0.224 e. The van der Waals surface area contributed by atoms with Crippen molar-refractivity contribution in [1.82, 2.24) is 4.90 Å². The number of carbonyl (C=O) groups is 1. The number of anilines is 1. The minimum Gasteiger partial charge on any atom is -0.497 e. The van der Waals surface area contributed by atoms with E-state index in [1.54, 1.807) is 7.11 Å². The van der Waals surface area contributed by atoms with Crippen molar-refractivity contribution in [2.45, 2.75) is 26.2 Å². The molecule has 0 atom stereocenters. The molecule has 1 fully saturated rings. The summed E-state index contributed by atoms with van der Waals surface area (Å²) in [6.45, 7) is 4.75. The maximum absolute atomic E-state index is 12.1. The number of hydrogen-bond donors (Lipinski definition) is 1. The van der Waals surface area contributed by atoms with Crippen LogP contribution in [0.5, 0.6) is 5.75 Å². The third-order valence-electron chi connectivity index (χ3n) is 3.87. The molecule has 1 aliphatic rings. The van der Waals surface area contributed by atoms with Crippen molar-refractivity contribution >= 4 is 11.6 Å². The molecule has 1 aromatic rings. The first-order chi connectivity index (χ1) is 9.69. The zero-order valence-corrected chi connectivity index (χ0v) is 12.4. The van der Waals surface area contributed by atoms with Gasteiger partial charge in [-0.05, 0) is 30.9 Å². The lowest BCUT2D eigenvalue weighted by Crippen LogP contribution is -2.38. The summed E-state index contributed by atoms with van der Waals surface area (Å²) in [5, 5.41) is 3.27. The fraction of sp³-hybridized carbons (Fsp3) is 0.562. The summed E-state index contributed by atoms with van der Waals surface area (Å²) in [5.41, 5.74) is 0.990. The number of benzene rings is 1. The smallest absolute Gasteiger partial charge is 0.224 e. The highest BCUT2D eigenvalue weighted by atomic mass is 16.5. The van der Waals surface area contributed by atoms with E-state index in [1.807, 2.05) is 29.2 Å². The van der Waals surface area contributed by atoms with Gasteiger partial charge in [0.2, 0.25) is 5.91 Å². The van der Waals surface area contributed by atoms with E-state index in [4.69, 9.17) is 4.74 Å². The Morgan fingerprint density at radius 2 is 2.15 bits per heavy atom. The van der Waals surface area contributed by atoms with E-state index < -0.39 is 0 Å². The highest BCUT2D eigenvalue weighted by Gasteiger charge is 2.19. The van der Waals surface area contributed by atoms with Crippen LogP contribution in [0, 0.1) is 5.92 Å². The van der Waals surface area contributed by atoms with Crippen LogP contribution in [0.4, 0.5) is 5.69 Å². The minimum absolute atomic E-state index is 0.257. The molecule has 20 heavy (non-hydrogen) atoms. The third-order valence-corrected chi connectivity index (χ3v) is 3.87. The van der Waals surface area contributed by atoms with Crippen LogP contribution < -0.4 is 10.1 Å². The van der Waals surface area contributed by atoms with Gasteiger partial charge in [0.1, 0.15) is 5.75 Å². The van der Waals surface area contributed by atoms with E-state index in [0.717, 1.165) is 43.3 Å². The van der Waals surface area contributed by atoms with Crippen LogP contribution in [-0.4, -0.2) is 37.6 Å². The van der Waals surface area contributed by atoms with Crippen molar-refractivity contribution < 1.29 is 9.53 Å². The van der Waals surface area contributed by atoms with Gasteiger partial charge in [0.05, 0.1) is 7.11 Å². The second-order valence-electron chi connectivity index (χ2n) is 5.47. The van der Waals surface area contributed by atoms with E-state index >= 15 is 0 Å². The molecule has 1 aromatic carbocycles. The molecule has 4 nitrogen and oxygen atoms in total. The molecule has 0 bridgehead atoms. The summed E-state index contributed by atoms with van der Waals surface area (Å²) in [6, 6.07) is 7.77. The zero-order chi connectivity index (χ0) is 14.4. The Bertz CT molecular complexity index is 440. The highest BCUT2D eigenvalue weighted by molar-refractivity contribution is 5.76. The first-order valence-corrected chi connectivity index (χ1v) is 7.34. The van der Waals surface area contributed by atoms with Gasteiger partial charge < -0.3 is 15.0 Å². The Hall–Kier alpha value is -1.71. The van der Waals surface area contributed by atoms with Crippen molar-refractivity contribution in [3.63, 3.8) is 0 Å². The normalized spacial score (nSPS) is 16.0. The largest absolute Gasteiger partial charge is 0.497 e. The first kappa shape index (κ1) is 14.7. The second-order valence-corrected chi connectivity index (χ2v) is 5.47. The molecule has 0 aromatic heterocycles. The average Bonchev–Trinajstić information content (AvgIpc) is 2.48. The number of nitrogens with zero attached hydrogens (tertiary/aromatic N) is 1. The summed E-state index contributed by atoms with van der Waals surface area (Å²) in [7, 11) is 1.65. The molecule has 1 heterocycles. The highest BCUT2D eigenvalue weighted by Crippen LogP contribution is 2.18. The van der Waals surface area contributed by atoms with Crippen LogP contribution in [-0.2, 0) is 4.79 Å². The van der Waals surface area contributed by atoms with Gasteiger partial charge in [-0.1, -0.05) is 13.0 Å². The molecule has 0 aliphatic carbocycles. The molecular weight excluding hydrogens is 252 g/mol. The average molecular weight is 276 g/mol. The lowest BCUT2D eigenvalue weighted by molar-refractivity contribution is -0.132. The van der Waals surface area contributed by atoms with Crippen LogP contribution in [0.2, 0.25) is 0 Å². The summed E-state index contributed by atoms with van der Waals surface area (Å²) >= 11 is 0. The molecule has 0 spiro atoms. The van der Waals surface area contributed by atoms with E-state index in [2.05, 4.69) is 12.2 Å². The van der Waals surface area contributed by atoms with E-state index in [1.165, 1.54) is 0 Å². The van der Waals surface area contributed by atoms with E-state index in [9.17, 15) is 4.79 Å². The van der Waals surface area contributed by atoms with Crippen molar-refractivity contribution in [3.8, 4) is 5.75 Å². The quantitative estimate of drug-likeness (QED) is 0.899. The van der Waals surface area contributed by atoms with E-state index in [0.29, 0.717) is 13.0 Å². The number of carbonyl (C=O) groups excluding carboxylic acids is 1. The predicted molar refractivity (Wildman–Crippen MR) is 81.1 cm³/mol. The van der Waals surface area contributed by atoms with Gasteiger partial charge in [-0.15, -0.1) is 0 Å². The fourth-order valence-corrected chi connectivity index (χ4v) is 2.46. The standard InChI is InChI=1S/C16H24N2O2/c1-13-7-10-18(11-8-13)16(19)6-9-17-14-4-3-5-15(12-14)20-2/h3-5,12-13,17H,6-11H2,1-2H3. The molecule has 0 unspecified atom stereocenters. The van der Waals surface area contributed by atoms with E-state index in [-0.39, 0.29) is 5.91 Å². The predicted octanol–water partition coefficient (Wildman–Crippen LogP) is 2.76. The fourth-order valence-electron chi connectivity index (χ4n) is 2.46. The van der Waals surface area contributed by atoms with Gasteiger partial charge in [-0.2, -0.15) is 0 Å². The van der Waals surface area contributed by atoms with Crippen LogP contribution in [0.25, 0.3) is 0 Å². The Morgan fingerprint density at radius 3 is 2.85 bits per heavy atom. The van der Waals surface area contributed by atoms with Gasteiger partial charge >= 0.3 is 0 Å². The Labute approximate surface area is 121 Å². The molecule has 110 valence electrons.